The Balaban J connectivity index is 1.75. The number of nitrogens with two attached hydrogens (primary N) is 2. The third-order valence-corrected chi connectivity index (χ3v) is 6.40. The third-order valence-electron chi connectivity index (χ3n) is 6.40. The first-order chi connectivity index (χ1) is 16.8. The topological polar surface area (TPSA) is 112 Å². The van der Waals surface area contributed by atoms with Gasteiger partial charge in [-0.05, 0) is 34.9 Å². The normalized spacial score (nSPS) is 12.4. The Morgan fingerprint density at radius 1 is 1.00 bits per heavy atom. The summed E-state index contributed by atoms with van der Waals surface area (Å²) in [6.45, 7) is 5.13. The van der Waals surface area contributed by atoms with Crippen LogP contribution in [0.25, 0.3) is 22.4 Å². The SMILES string of the molecule is Cn1c(NCC(C)(C)C(N)c2ccccc2)nc(-c2ccncc2)c(-c2cccc(CN)c2)c1=O. The zero-order valence-corrected chi connectivity index (χ0v) is 20.4. The largest absolute Gasteiger partial charge is 0.355 e. The highest BCUT2D eigenvalue weighted by Gasteiger charge is 2.28. The molecule has 35 heavy (non-hydrogen) atoms. The Hall–Kier alpha value is -3.81. The van der Waals surface area contributed by atoms with Gasteiger partial charge in [0.1, 0.15) is 0 Å². The number of pyridine rings is 1. The van der Waals surface area contributed by atoms with Gasteiger partial charge in [-0.15, -0.1) is 0 Å². The van der Waals surface area contributed by atoms with Crippen molar-refractivity contribution in [1.29, 1.82) is 0 Å². The van der Waals surface area contributed by atoms with E-state index in [0.717, 1.165) is 22.3 Å². The van der Waals surface area contributed by atoms with Crippen LogP contribution < -0.4 is 22.3 Å². The molecule has 4 rings (SSSR count). The molecule has 0 spiro atoms. The molecule has 1 atom stereocenters. The van der Waals surface area contributed by atoms with Gasteiger partial charge in [0.25, 0.3) is 5.56 Å². The van der Waals surface area contributed by atoms with E-state index in [2.05, 4.69) is 24.1 Å². The highest BCUT2D eigenvalue weighted by Crippen LogP contribution is 2.32. The van der Waals surface area contributed by atoms with Gasteiger partial charge in [0.05, 0.1) is 11.3 Å². The third kappa shape index (κ3) is 5.16. The molecular weight excluding hydrogens is 436 g/mol. The second kappa shape index (κ2) is 10.2. The summed E-state index contributed by atoms with van der Waals surface area (Å²) in [6, 6.07) is 21.3. The molecule has 4 aromatic rings. The Bertz CT molecular complexity index is 1350. The Kier molecular flexibility index (Phi) is 7.10. The molecule has 7 heteroatoms. The van der Waals surface area contributed by atoms with E-state index >= 15 is 0 Å². The van der Waals surface area contributed by atoms with Gasteiger partial charge < -0.3 is 16.8 Å². The summed E-state index contributed by atoms with van der Waals surface area (Å²) in [5.74, 6) is 0.480. The second-order valence-corrected chi connectivity index (χ2v) is 9.39. The first-order valence-corrected chi connectivity index (χ1v) is 11.7. The molecule has 2 heterocycles. The van der Waals surface area contributed by atoms with Crippen molar-refractivity contribution < 1.29 is 0 Å². The molecule has 0 aliphatic rings. The van der Waals surface area contributed by atoms with E-state index in [-0.39, 0.29) is 17.0 Å². The molecule has 2 aromatic heterocycles. The zero-order valence-electron chi connectivity index (χ0n) is 20.4. The Morgan fingerprint density at radius 2 is 1.71 bits per heavy atom. The minimum absolute atomic E-state index is 0.145. The van der Waals surface area contributed by atoms with Gasteiger partial charge in [0.2, 0.25) is 5.95 Å². The van der Waals surface area contributed by atoms with Crippen molar-refractivity contribution in [2.45, 2.75) is 26.4 Å². The highest BCUT2D eigenvalue weighted by atomic mass is 16.1. The molecule has 0 bridgehead atoms. The minimum atomic E-state index is -0.302. The monoisotopic (exact) mass is 468 g/mol. The highest BCUT2D eigenvalue weighted by molar-refractivity contribution is 5.81. The van der Waals surface area contributed by atoms with Crippen molar-refractivity contribution >= 4 is 5.95 Å². The first-order valence-electron chi connectivity index (χ1n) is 11.7. The molecule has 5 N–H and O–H groups in total. The van der Waals surface area contributed by atoms with Crippen LogP contribution in [0.15, 0.2) is 83.9 Å². The lowest BCUT2D eigenvalue weighted by molar-refractivity contribution is 0.310. The van der Waals surface area contributed by atoms with Crippen LogP contribution in [-0.2, 0) is 13.6 Å². The Morgan fingerprint density at radius 3 is 2.40 bits per heavy atom. The molecule has 0 saturated heterocycles. The van der Waals surface area contributed by atoms with Gasteiger partial charge in [0, 0.05) is 49.6 Å². The van der Waals surface area contributed by atoms with Crippen molar-refractivity contribution in [2.24, 2.45) is 23.9 Å². The predicted octanol–water partition coefficient (Wildman–Crippen LogP) is 4.11. The lowest BCUT2D eigenvalue weighted by atomic mass is 9.81. The van der Waals surface area contributed by atoms with Crippen LogP contribution in [0.4, 0.5) is 5.95 Å². The van der Waals surface area contributed by atoms with Crippen molar-refractivity contribution in [3.63, 3.8) is 0 Å². The number of nitrogens with one attached hydrogen (secondary N) is 1. The van der Waals surface area contributed by atoms with Crippen LogP contribution in [0.5, 0.6) is 0 Å². The lowest BCUT2D eigenvalue weighted by Crippen LogP contribution is -2.36. The lowest BCUT2D eigenvalue weighted by Gasteiger charge is -2.32. The number of anilines is 1. The van der Waals surface area contributed by atoms with E-state index in [1.165, 1.54) is 0 Å². The van der Waals surface area contributed by atoms with Crippen LogP contribution >= 0.6 is 0 Å². The maximum absolute atomic E-state index is 13.7. The number of rotatable bonds is 8. The zero-order chi connectivity index (χ0) is 25.0. The molecule has 0 saturated carbocycles. The quantitative estimate of drug-likeness (QED) is 0.359. The van der Waals surface area contributed by atoms with Crippen LogP contribution in [-0.4, -0.2) is 21.1 Å². The summed E-state index contributed by atoms with van der Waals surface area (Å²) in [5, 5.41) is 3.39. The minimum Gasteiger partial charge on any atom is -0.355 e. The Labute approximate surface area is 205 Å². The summed E-state index contributed by atoms with van der Waals surface area (Å²) < 4.78 is 1.55. The summed E-state index contributed by atoms with van der Waals surface area (Å²) >= 11 is 0. The summed E-state index contributed by atoms with van der Waals surface area (Å²) in [5.41, 5.74) is 16.7. The smallest absolute Gasteiger partial charge is 0.263 e. The molecule has 7 nitrogen and oxygen atoms in total. The number of hydrogen-bond donors (Lipinski definition) is 3. The fourth-order valence-corrected chi connectivity index (χ4v) is 4.12. The molecule has 2 aromatic carbocycles. The summed E-state index contributed by atoms with van der Waals surface area (Å²) in [6.07, 6.45) is 3.40. The predicted molar refractivity (Wildman–Crippen MR) is 142 cm³/mol. The van der Waals surface area contributed by atoms with Crippen molar-refractivity contribution in [1.82, 2.24) is 14.5 Å². The molecule has 0 aliphatic carbocycles. The van der Waals surface area contributed by atoms with Crippen molar-refractivity contribution in [2.75, 3.05) is 11.9 Å². The number of benzene rings is 2. The average Bonchev–Trinajstić information content (AvgIpc) is 2.90. The first kappa shape index (κ1) is 24.3. The van der Waals surface area contributed by atoms with E-state index < -0.39 is 0 Å². The number of nitrogens with zero attached hydrogens (tertiary/aromatic N) is 3. The van der Waals surface area contributed by atoms with Crippen molar-refractivity contribution in [3.05, 3.63) is 101 Å². The summed E-state index contributed by atoms with van der Waals surface area (Å²) in [7, 11) is 1.73. The van der Waals surface area contributed by atoms with E-state index in [9.17, 15) is 4.79 Å². The average molecular weight is 469 g/mol. The molecule has 0 aliphatic heterocycles. The standard InChI is InChI=1S/C28H32N6O/c1-28(2,25(30)21-9-5-4-6-10-21)18-32-27-33-24(20-12-14-31-15-13-20)23(26(35)34(27)3)22-11-7-8-19(16-22)17-29/h4-16,25H,17-18,29-30H2,1-3H3,(H,32,33). The maximum atomic E-state index is 13.7. The van der Waals surface area contributed by atoms with Gasteiger partial charge in [-0.3, -0.25) is 14.3 Å². The molecule has 1 unspecified atom stereocenters. The van der Waals surface area contributed by atoms with Crippen LogP contribution in [0.1, 0.15) is 31.0 Å². The van der Waals surface area contributed by atoms with Gasteiger partial charge in [-0.1, -0.05) is 62.4 Å². The molecule has 0 amide bonds. The summed E-state index contributed by atoms with van der Waals surface area (Å²) in [4.78, 5) is 22.7. The van der Waals surface area contributed by atoms with Crippen molar-refractivity contribution in [3.8, 4) is 22.4 Å². The van der Waals surface area contributed by atoms with Gasteiger partial charge in [0.15, 0.2) is 0 Å². The van der Waals surface area contributed by atoms with E-state index in [0.29, 0.717) is 30.3 Å². The van der Waals surface area contributed by atoms with Gasteiger partial charge >= 0.3 is 0 Å². The number of hydrogen-bond acceptors (Lipinski definition) is 6. The molecule has 180 valence electrons. The van der Waals surface area contributed by atoms with Gasteiger partial charge in [-0.25, -0.2) is 4.98 Å². The second-order valence-electron chi connectivity index (χ2n) is 9.39. The van der Waals surface area contributed by atoms with Crippen LogP contribution in [0, 0.1) is 5.41 Å². The van der Waals surface area contributed by atoms with E-state index in [1.807, 2.05) is 66.7 Å². The molecular formula is C28H32N6O. The van der Waals surface area contributed by atoms with E-state index in [1.54, 1.807) is 24.0 Å². The fourth-order valence-electron chi connectivity index (χ4n) is 4.12. The molecule has 0 radical (unpaired) electrons. The number of aromatic nitrogens is 3. The molecule has 0 fully saturated rings. The van der Waals surface area contributed by atoms with Crippen LogP contribution in [0.3, 0.4) is 0 Å². The van der Waals surface area contributed by atoms with E-state index in [4.69, 9.17) is 16.5 Å². The van der Waals surface area contributed by atoms with Crippen LogP contribution in [0.2, 0.25) is 0 Å². The fraction of sp³-hybridized carbons (Fsp3) is 0.250. The van der Waals surface area contributed by atoms with Gasteiger partial charge in [-0.2, -0.15) is 0 Å². The maximum Gasteiger partial charge on any atom is 0.263 e.